The Morgan fingerprint density at radius 3 is 2.18 bits per heavy atom. The molecule has 0 fully saturated rings. The summed E-state index contributed by atoms with van der Waals surface area (Å²) in [4.78, 5) is 26.7. The first-order valence-corrected chi connectivity index (χ1v) is 12.0. The number of allylic oxidation sites excluding steroid dienone is 1. The Bertz CT molecular complexity index is 1530. The number of carbonyl (C=O) groups is 2. The monoisotopic (exact) mass is 531 g/mol. The van der Waals surface area contributed by atoms with Crippen molar-refractivity contribution in [2.75, 3.05) is 23.1 Å². The van der Waals surface area contributed by atoms with Crippen molar-refractivity contribution in [2.24, 2.45) is 0 Å². The van der Waals surface area contributed by atoms with E-state index < -0.39 is 17.8 Å². The Labute approximate surface area is 223 Å². The minimum Gasteiger partial charge on any atom is -0.497 e. The largest absolute Gasteiger partial charge is 0.497 e. The molecule has 38 heavy (non-hydrogen) atoms. The fourth-order valence-electron chi connectivity index (χ4n) is 4.27. The zero-order valence-electron chi connectivity index (χ0n) is 20.5. The highest BCUT2D eigenvalue weighted by molar-refractivity contribution is 6.30. The molecule has 0 radical (unpaired) electrons. The van der Waals surface area contributed by atoms with Crippen LogP contribution in [0.5, 0.6) is 5.75 Å². The number of nitrogens with zero attached hydrogens (tertiary/aromatic N) is 2. The van der Waals surface area contributed by atoms with Gasteiger partial charge in [-0.2, -0.15) is 5.10 Å². The van der Waals surface area contributed by atoms with Gasteiger partial charge in [-0.3, -0.25) is 9.59 Å². The fourth-order valence-corrected chi connectivity index (χ4v) is 4.40. The van der Waals surface area contributed by atoms with Crippen LogP contribution in [0.15, 0.2) is 90.3 Å². The summed E-state index contributed by atoms with van der Waals surface area (Å²) in [5.41, 5.74) is 3.03. The standard InChI is InChI=1S/C28H23ClFN5O3/c1-16-24(28(37)34-21-11-13-22(38-2)14-12-21)25(17-3-5-18(29)6-4-17)35-26(32-16)23(15-31-35)27(36)33-20-9-7-19(30)8-10-20/h3-15,25,32H,1-2H3,(H,33,36)(H,34,37)/t25-/m1/s1. The number of hydrogen-bond donors (Lipinski definition) is 3. The van der Waals surface area contributed by atoms with E-state index in [0.29, 0.717) is 39.2 Å². The van der Waals surface area contributed by atoms with E-state index in [4.69, 9.17) is 16.3 Å². The van der Waals surface area contributed by atoms with Crippen LogP contribution >= 0.6 is 11.6 Å². The molecule has 192 valence electrons. The topological polar surface area (TPSA) is 97.3 Å². The van der Waals surface area contributed by atoms with Crippen molar-refractivity contribution in [3.63, 3.8) is 0 Å². The van der Waals surface area contributed by atoms with Crippen molar-refractivity contribution in [1.82, 2.24) is 9.78 Å². The van der Waals surface area contributed by atoms with Gasteiger partial charge >= 0.3 is 0 Å². The highest BCUT2D eigenvalue weighted by atomic mass is 35.5. The summed E-state index contributed by atoms with van der Waals surface area (Å²) < 4.78 is 20.1. The third kappa shape index (κ3) is 4.96. The summed E-state index contributed by atoms with van der Waals surface area (Å²) >= 11 is 6.13. The molecule has 1 aliphatic rings. The van der Waals surface area contributed by atoms with Crippen molar-refractivity contribution in [3.05, 3.63) is 112 Å². The summed E-state index contributed by atoms with van der Waals surface area (Å²) in [6, 6.07) is 18.9. The van der Waals surface area contributed by atoms with Crippen molar-refractivity contribution in [1.29, 1.82) is 0 Å². The average Bonchev–Trinajstić information content (AvgIpc) is 3.33. The second-order valence-electron chi connectivity index (χ2n) is 8.61. The molecule has 0 spiro atoms. The first kappa shape index (κ1) is 25.0. The van der Waals surface area contributed by atoms with Crippen LogP contribution in [-0.4, -0.2) is 28.7 Å². The van der Waals surface area contributed by atoms with Gasteiger partial charge in [0.05, 0.1) is 18.9 Å². The molecule has 10 heteroatoms. The van der Waals surface area contributed by atoms with Gasteiger partial charge in [0, 0.05) is 22.1 Å². The van der Waals surface area contributed by atoms with Gasteiger partial charge in [0.25, 0.3) is 11.8 Å². The number of carbonyl (C=O) groups excluding carboxylic acids is 2. The quantitative estimate of drug-likeness (QED) is 0.289. The normalized spacial score (nSPS) is 14.4. The Morgan fingerprint density at radius 2 is 1.55 bits per heavy atom. The molecule has 4 aromatic rings. The Hall–Kier alpha value is -4.63. The molecular weight excluding hydrogens is 509 g/mol. The smallest absolute Gasteiger partial charge is 0.261 e. The molecule has 1 aliphatic heterocycles. The van der Waals surface area contributed by atoms with E-state index in [0.717, 1.165) is 5.56 Å². The van der Waals surface area contributed by atoms with Crippen LogP contribution in [0, 0.1) is 5.82 Å². The Morgan fingerprint density at radius 1 is 0.947 bits per heavy atom. The van der Waals surface area contributed by atoms with E-state index >= 15 is 0 Å². The first-order chi connectivity index (χ1) is 18.3. The number of benzene rings is 3. The molecule has 1 aromatic heterocycles. The van der Waals surface area contributed by atoms with Gasteiger partial charge in [0.2, 0.25) is 0 Å². The fraction of sp³-hybridized carbons (Fsp3) is 0.107. The van der Waals surface area contributed by atoms with Crippen LogP contribution in [0.2, 0.25) is 5.02 Å². The van der Waals surface area contributed by atoms with Gasteiger partial charge in [-0.15, -0.1) is 0 Å². The molecule has 0 saturated carbocycles. The van der Waals surface area contributed by atoms with Crippen LogP contribution in [0.1, 0.15) is 28.9 Å². The maximum Gasteiger partial charge on any atom is 0.261 e. The molecule has 1 atom stereocenters. The number of amides is 2. The van der Waals surface area contributed by atoms with Crippen LogP contribution in [-0.2, 0) is 4.79 Å². The zero-order chi connectivity index (χ0) is 26.8. The van der Waals surface area contributed by atoms with E-state index in [9.17, 15) is 14.0 Å². The molecule has 0 saturated heterocycles. The molecule has 3 N–H and O–H groups in total. The number of fused-ring (bicyclic) bond motifs is 1. The molecule has 2 amide bonds. The lowest BCUT2D eigenvalue weighted by atomic mass is 9.94. The number of halogens is 2. The average molecular weight is 532 g/mol. The van der Waals surface area contributed by atoms with Gasteiger partial charge in [-0.05, 0) is 73.2 Å². The van der Waals surface area contributed by atoms with Gasteiger partial charge in [0.15, 0.2) is 0 Å². The molecule has 0 aliphatic carbocycles. The van der Waals surface area contributed by atoms with Crippen LogP contribution in [0.3, 0.4) is 0 Å². The maximum absolute atomic E-state index is 13.6. The second-order valence-corrected chi connectivity index (χ2v) is 9.05. The molecule has 2 heterocycles. The van der Waals surface area contributed by atoms with Crippen LogP contribution < -0.4 is 20.7 Å². The summed E-state index contributed by atoms with van der Waals surface area (Å²) in [5, 5.41) is 13.9. The summed E-state index contributed by atoms with van der Waals surface area (Å²) in [5.74, 6) is -0.0789. The van der Waals surface area contributed by atoms with Crippen molar-refractivity contribution >= 4 is 40.6 Å². The third-order valence-corrected chi connectivity index (χ3v) is 6.40. The van der Waals surface area contributed by atoms with Gasteiger partial charge in [-0.1, -0.05) is 23.7 Å². The lowest BCUT2D eigenvalue weighted by Crippen LogP contribution is -2.32. The maximum atomic E-state index is 13.6. The Kier molecular flexibility index (Phi) is 6.85. The first-order valence-electron chi connectivity index (χ1n) is 11.7. The van der Waals surface area contributed by atoms with E-state index in [1.54, 1.807) is 55.1 Å². The number of aromatic nitrogens is 2. The highest BCUT2D eigenvalue weighted by Gasteiger charge is 2.35. The predicted molar refractivity (Wildman–Crippen MR) is 144 cm³/mol. The lowest BCUT2D eigenvalue weighted by Gasteiger charge is -2.30. The SMILES string of the molecule is COc1ccc(NC(=O)C2=C(C)Nc3c(C(=O)Nc4ccc(F)cc4)cnn3[C@@H]2c2ccc(Cl)cc2)cc1. The highest BCUT2D eigenvalue weighted by Crippen LogP contribution is 2.38. The zero-order valence-corrected chi connectivity index (χ0v) is 21.2. The van der Waals surface area contributed by atoms with Crippen LogP contribution in [0.25, 0.3) is 0 Å². The van der Waals surface area contributed by atoms with Crippen molar-refractivity contribution < 1.29 is 18.7 Å². The van der Waals surface area contributed by atoms with Crippen molar-refractivity contribution in [2.45, 2.75) is 13.0 Å². The number of hydrogen-bond acceptors (Lipinski definition) is 5. The van der Waals surface area contributed by atoms with Crippen LogP contribution in [0.4, 0.5) is 21.6 Å². The Balaban J connectivity index is 1.51. The molecule has 5 rings (SSSR count). The second kappa shape index (κ2) is 10.4. The number of nitrogens with one attached hydrogen (secondary N) is 3. The summed E-state index contributed by atoms with van der Waals surface area (Å²) in [7, 11) is 1.57. The number of methoxy groups -OCH3 is 1. The lowest BCUT2D eigenvalue weighted by molar-refractivity contribution is -0.113. The molecule has 8 nitrogen and oxygen atoms in total. The van der Waals surface area contributed by atoms with E-state index in [2.05, 4.69) is 21.0 Å². The van der Waals surface area contributed by atoms with Crippen molar-refractivity contribution in [3.8, 4) is 5.75 Å². The third-order valence-electron chi connectivity index (χ3n) is 6.15. The predicted octanol–water partition coefficient (Wildman–Crippen LogP) is 5.86. The summed E-state index contributed by atoms with van der Waals surface area (Å²) in [6.07, 6.45) is 1.43. The molecule has 3 aromatic carbocycles. The minimum absolute atomic E-state index is 0.266. The molecule has 0 bridgehead atoms. The number of rotatable bonds is 6. The summed E-state index contributed by atoms with van der Waals surface area (Å²) in [6.45, 7) is 1.77. The van der Waals surface area contributed by atoms with Gasteiger partial charge < -0.3 is 20.7 Å². The minimum atomic E-state index is -0.644. The number of ether oxygens (including phenoxy) is 1. The van der Waals surface area contributed by atoms with E-state index in [-0.39, 0.29) is 11.5 Å². The molecule has 0 unspecified atom stereocenters. The van der Waals surface area contributed by atoms with E-state index in [1.165, 1.54) is 30.5 Å². The molecular formula is C28H23ClFN5O3. The van der Waals surface area contributed by atoms with Gasteiger partial charge in [0.1, 0.15) is 29.0 Å². The van der Waals surface area contributed by atoms with E-state index in [1.807, 2.05) is 12.1 Å². The number of anilines is 3. The van der Waals surface area contributed by atoms with Gasteiger partial charge in [-0.25, -0.2) is 9.07 Å².